The van der Waals surface area contributed by atoms with Crippen LogP contribution in [0.4, 0.5) is 0 Å². The average molecular weight is 394 g/mol. The van der Waals surface area contributed by atoms with Gasteiger partial charge < -0.3 is 8.83 Å². The first kappa shape index (κ1) is 18.4. The molecule has 2 aromatic heterocycles. The molecule has 2 heterocycles. The van der Waals surface area contributed by atoms with Crippen molar-refractivity contribution in [3.8, 4) is 11.1 Å². The second-order valence-electron chi connectivity index (χ2n) is 7.93. The van der Waals surface area contributed by atoms with Crippen LogP contribution in [-0.2, 0) is 6.42 Å². The van der Waals surface area contributed by atoms with E-state index in [1.165, 1.54) is 5.56 Å². The van der Waals surface area contributed by atoms with E-state index in [0.717, 1.165) is 44.2 Å². The summed E-state index contributed by atoms with van der Waals surface area (Å²) in [6, 6.07) is 20.5. The van der Waals surface area contributed by atoms with Gasteiger partial charge in [-0.2, -0.15) is 0 Å². The SMILES string of the molecule is Cc1ccc(-c2coc3c(C)c4oc(=O)c(Cc5ccccc5)c(C)c4cc23)cc1. The summed E-state index contributed by atoms with van der Waals surface area (Å²) >= 11 is 0. The molecule has 0 unspecified atom stereocenters. The molecule has 3 aromatic carbocycles. The number of benzene rings is 3. The van der Waals surface area contributed by atoms with Crippen molar-refractivity contribution in [2.45, 2.75) is 27.2 Å². The van der Waals surface area contributed by atoms with Crippen molar-refractivity contribution in [3.05, 3.63) is 105 Å². The summed E-state index contributed by atoms with van der Waals surface area (Å²) in [5.41, 5.74) is 8.07. The maximum atomic E-state index is 12.8. The molecule has 0 amide bonds. The standard InChI is InChI=1S/C27H22O3/c1-16-9-11-20(12-10-16)24-15-29-25-18(3)26-21(14-23(24)25)17(2)22(27(28)30-26)13-19-7-5-4-6-8-19/h4-12,14-15H,13H2,1-3H3. The lowest BCUT2D eigenvalue weighted by Gasteiger charge is -2.10. The average Bonchev–Trinajstić information content (AvgIpc) is 3.18. The molecule has 148 valence electrons. The number of aryl methyl sites for hydroxylation is 3. The Bertz CT molecular complexity index is 1440. The summed E-state index contributed by atoms with van der Waals surface area (Å²) in [5.74, 6) is 0. The summed E-state index contributed by atoms with van der Waals surface area (Å²) in [6.07, 6.45) is 2.35. The Hall–Kier alpha value is -3.59. The molecule has 0 atom stereocenters. The van der Waals surface area contributed by atoms with E-state index < -0.39 is 0 Å². The van der Waals surface area contributed by atoms with Crippen LogP contribution in [0, 0.1) is 20.8 Å². The Morgan fingerprint density at radius 3 is 2.27 bits per heavy atom. The van der Waals surface area contributed by atoms with E-state index in [1.807, 2.05) is 44.2 Å². The molecule has 3 heteroatoms. The number of hydrogen-bond acceptors (Lipinski definition) is 3. The predicted molar refractivity (Wildman–Crippen MR) is 121 cm³/mol. The normalized spacial score (nSPS) is 11.4. The summed E-state index contributed by atoms with van der Waals surface area (Å²) < 4.78 is 11.7. The Morgan fingerprint density at radius 2 is 1.53 bits per heavy atom. The van der Waals surface area contributed by atoms with Crippen LogP contribution in [0.2, 0.25) is 0 Å². The van der Waals surface area contributed by atoms with Crippen molar-refractivity contribution in [3.63, 3.8) is 0 Å². The van der Waals surface area contributed by atoms with Crippen LogP contribution in [-0.4, -0.2) is 0 Å². The van der Waals surface area contributed by atoms with Crippen LogP contribution in [0.25, 0.3) is 33.1 Å². The molecule has 0 N–H and O–H groups in total. The molecule has 0 aliphatic rings. The zero-order valence-corrected chi connectivity index (χ0v) is 17.3. The highest BCUT2D eigenvalue weighted by atomic mass is 16.4. The molecular formula is C27H22O3. The van der Waals surface area contributed by atoms with Crippen molar-refractivity contribution in [2.75, 3.05) is 0 Å². The lowest BCUT2D eigenvalue weighted by Crippen LogP contribution is -2.11. The second-order valence-corrected chi connectivity index (χ2v) is 7.93. The molecule has 0 saturated carbocycles. The van der Waals surface area contributed by atoms with Gasteiger partial charge in [0, 0.05) is 33.9 Å². The Morgan fingerprint density at radius 1 is 0.800 bits per heavy atom. The molecule has 5 rings (SSSR count). The van der Waals surface area contributed by atoms with E-state index in [-0.39, 0.29) is 5.63 Å². The molecular weight excluding hydrogens is 372 g/mol. The Labute approximate surface area is 174 Å². The quantitative estimate of drug-likeness (QED) is 0.319. The fourth-order valence-corrected chi connectivity index (χ4v) is 4.16. The van der Waals surface area contributed by atoms with E-state index in [4.69, 9.17) is 8.83 Å². The molecule has 0 bridgehead atoms. The fraction of sp³-hybridized carbons (Fsp3) is 0.148. The number of fused-ring (bicyclic) bond motifs is 2. The van der Waals surface area contributed by atoms with Crippen molar-refractivity contribution in [1.82, 2.24) is 0 Å². The monoisotopic (exact) mass is 394 g/mol. The highest BCUT2D eigenvalue weighted by Crippen LogP contribution is 2.37. The van der Waals surface area contributed by atoms with Gasteiger partial charge in [0.15, 0.2) is 0 Å². The van der Waals surface area contributed by atoms with Gasteiger partial charge in [0.05, 0.1) is 6.26 Å². The Balaban J connectivity index is 1.75. The zero-order valence-electron chi connectivity index (χ0n) is 17.3. The topological polar surface area (TPSA) is 43.4 Å². The molecule has 0 saturated heterocycles. The van der Waals surface area contributed by atoms with Gasteiger partial charge in [-0.3, -0.25) is 0 Å². The molecule has 0 fully saturated rings. The van der Waals surface area contributed by atoms with Crippen LogP contribution in [0.15, 0.2) is 80.6 Å². The van der Waals surface area contributed by atoms with Crippen molar-refractivity contribution in [1.29, 1.82) is 0 Å². The molecule has 0 aliphatic heterocycles. The third-order valence-corrected chi connectivity index (χ3v) is 5.93. The van der Waals surface area contributed by atoms with Crippen molar-refractivity contribution < 1.29 is 8.83 Å². The minimum absolute atomic E-state index is 0.281. The second kappa shape index (κ2) is 7.03. The fourth-order valence-electron chi connectivity index (χ4n) is 4.16. The van der Waals surface area contributed by atoms with E-state index in [1.54, 1.807) is 6.26 Å². The van der Waals surface area contributed by atoms with Gasteiger partial charge >= 0.3 is 5.63 Å². The summed E-state index contributed by atoms with van der Waals surface area (Å²) in [7, 11) is 0. The van der Waals surface area contributed by atoms with Gasteiger partial charge in [0.1, 0.15) is 11.2 Å². The highest BCUT2D eigenvalue weighted by Gasteiger charge is 2.19. The van der Waals surface area contributed by atoms with Gasteiger partial charge in [0.2, 0.25) is 0 Å². The van der Waals surface area contributed by atoms with Crippen LogP contribution >= 0.6 is 0 Å². The number of rotatable bonds is 3. The van der Waals surface area contributed by atoms with Crippen LogP contribution in [0.5, 0.6) is 0 Å². The third kappa shape index (κ3) is 2.94. The van der Waals surface area contributed by atoms with Gasteiger partial charge in [-0.15, -0.1) is 0 Å². The summed E-state index contributed by atoms with van der Waals surface area (Å²) in [4.78, 5) is 12.8. The van der Waals surface area contributed by atoms with Gasteiger partial charge in [-0.05, 0) is 43.5 Å². The minimum atomic E-state index is -0.281. The zero-order chi connectivity index (χ0) is 20.8. The van der Waals surface area contributed by atoms with Crippen LogP contribution in [0.1, 0.15) is 27.8 Å². The van der Waals surface area contributed by atoms with Crippen molar-refractivity contribution >= 4 is 21.9 Å². The first-order valence-electron chi connectivity index (χ1n) is 10.1. The van der Waals surface area contributed by atoms with Crippen LogP contribution < -0.4 is 5.63 Å². The van der Waals surface area contributed by atoms with Crippen LogP contribution in [0.3, 0.4) is 0 Å². The predicted octanol–water partition coefficient (Wildman–Crippen LogP) is 6.72. The van der Waals surface area contributed by atoms with Gasteiger partial charge in [-0.1, -0.05) is 60.2 Å². The first-order valence-corrected chi connectivity index (χ1v) is 10.1. The maximum Gasteiger partial charge on any atom is 0.340 e. The molecule has 0 radical (unpaired) electrons. The lowest BCUT2D eigenvalue weighted by molar-refractivity contribution is 0.546. The van der Waals surface area contributed by atoms with E-state index in [9.17, 15) is 4.79 Å². The van der Waals surface area contributed by atoms with E-state index in [0.29, 0.717) is 17.6 Å². The number of furan rings is 1. The molecule has 30 heavy (non-hydrogen) atoms. The summed E-state index contributed by atoms with van der Waals surface area (Å²) in [5, 5.41) is 1.99. The van der Waals surface area contributed by atoms with Gasteiger partial charge in [-0.25, -0.2) is 4.79 Å². The lowest BCUT2D eigenvalue weighted by atomic mass is 9.95. The number of hydrogen-bond donors (Lipinski definition) is 0. The summed E-state index contributed by atoms with van der Waals surface area (Å²) in [6.45, 7) is 6.04. The molecule has 0 aliphatic carbocycles. The van der Waals surface area contributed by atoms with E-state index in [2.05, 4.69) is 37.3 Å². The molecule has 3 nitrogen and oxygen atoms in total. The smallest absolute Gasteiger partial charge is 0.340 e. The third-order valence-electron chi connectivity index (χ3n) is 5.93. The largest absolute Gasteiger partial charge is 0.463 e. The van der Waals surface area contributed by atoms with E-state index >= 15 is 0 Å². The molecule has 5 aromatic rings. The molecule has 0 spiro atoms. The highest BCUT2D eigenvalue weighted by molar-refractivity contribution is 6.04. The van der Waals surface area contributed by atoms with Crippen molar-refractivity contribution in [2.24, 2.45) is 0 Å². The minimum Gasteiger partial charge on any atom is -0.463 e. The Kier molecular flexibility index (Phi) is 4.32. The maximum absolute atomic E-state index is 12.8. The van der Waals surface area contributed by atoms with Gasteiger partial charge in [0.25, 0.3) is 0 Å². The first-order chi connectivity index (χ1) is 14.5.